The molecular weight excluding hydrogens is 404 g/mol. The van der Waals surface area contributed by atoms with Crippen LogP contribution in [0.15, 0.2) is 99.6 Å². The van der Waals surface area contributed by atoms with E-state index in [1.807, 2.05) is 79.1 Å². The molecular formula is C21H23ClN6O2. The molecule has 0 radical (unpaired) electrons. The molecule has 0 aliphatic carbocycles. The Labute approximate surface area is 180 Å². The minimum Gasteiger partial charge on any atom is -1.00 e. The summed E-state index contributed by atoms with van der Waals surface area (Å²) in [5.74, 6) is 0.949. The summed E-state index contributed by atoms with van der Waals surface area (Å²) in [6, 6.07) is 20.5. The van der Waals surface area contributed by atoms with Crippen LogP contribution in [-0.2, 0) is 13.1 Å². The fraction of sp³-hybridized carbons (Fsp3) is 0.190. The van der Waals surface area contributed by atoms with Gasteiger partial charge in [0.1, 0.15) is 6.54 Å². The van der Waals surface area contributed by atoms with Crippen LogP contribution in [0.25, 0.3) is 0 Å². The lowest BCUT2D eigenvalue weighted by molar-refractivity contribution is -0.685. The van der Waals surface area contributed by atoms with Crippen LogP contribution in [0.3, 0.4) is 0 Å². The van der Waals surface area contributed by atoms with E-state index in [9.17, 15) is 10.2 Å². The van der Waals surface area contributed by atoms with Gasteiger partial charge in [-0.25, -0.2) is 4.57 Å². The van der Waals surface area contributed by atoms with Gasteiger partial charge >= 0.3 is 5.82 Å². The van der Waals surface area contributed by atoms with Gasteiger partial charge in [-0.3, -0.25) is 0 Å². The Morgan fingerprint density at radius 2 is 1.67 bits per heavy atom. The van der Waals surface area contributed by atoms with Crippen molar-refractivity contribution in [1.82, 2.24) is 4.57 Å². The number of pyridine rings is 2. The third kappa shape index (κ3) is 6.41. The van der Waals surface area contributed by atoms with Gasteiger partial charge in [0, 0.05) is 24.4 Å². The highest BCUT2D eigenvalue weighted by molar-refractivity contribution is 5.99. The zero-order valence-electron chi connectivity index (χ0n) is 16.3. The number of halogens is 1. The largest absolute Gasteiger partial charge is 1.00 e. The first-order valence-electron chi connectivity index (χ1n) is 9.26. The Balaban J connectivity index is 0.00000320. The summed E-state index contributed by atoms with van der Waals surface area (Å²) in [5, 5.41) is 35.7. The number of aromatic nitrogens is 2. The predicted octanol–water partition coefficient (Wildman–Crippen LogP) is -1.19. The summed E-state index contributed by atoms with van der Waals surface area (Å²) in [5.41, 5.74) is 1.37. The lowest BCUT2D eigenvalue weighted by atomic mass is 10.2. The first kappa shape index (κ1) is 23.1. The van der Waals surface area contributed by atoms with Crippen LogP contribution in [0.4, 0.5) is 5.82 Å². The zero-order valence-corrected chi connectivity index (χ0v) is 17.0. The molecule has 0 aliphatic heterocycles. The Bertz CT molecular complexity index is 1050. The van der Waals surface area contributed by atoms with E-state index in [0.717, 1.165) is 5.56 Å². The molecule has 2 heterocycles. The third-order valence-corrected chi connectivity index (χ3v) is 4.04. The predicted molar refractivity (Wildman–Crippen MR) is 108 cm³/mol. The number of hydrogen-bond acceptors (Lipinski definition) is 5. The molecule has 0 spiro atoms. The normalized spacial score (nSPS) is 12.2. The highest BCUT2D eigenvalue weighted by atomic mass is 35.5. The molecule has 156 valence electrons. The van der Waals surface area contributed by atoms with Crippen LogP contribution < -0.4 is 22.5 Å². The standard InChI is InChI=1S/C21H23N6O2.ClH/c28-16-14-26-12-6-4-10-19(26)22-24-21(18-8-2-1-3-9-18)25-23-20-11-5-7-13-27(20)15-17-29;/h1-13,28-29H,14-17H2;1H/q+1;/p-1. The van der Waals surface area contributed by atoms with Crippen molar-refractivity contribution in [3.8, 4) is 0 Å². The van der Waals surface area contributed by atoms with Crippen molar-refractivity contribution in [3.05, 3.63) is 90.2 Å². The van der Waals surface area contributed by atoms with Crippen LogP contribution in [0.1, 0.15) is 5.56 Å². The van der Waals surface area contributed by atoms with E-state index in [1.54, 1.807) is 9.13 Å². The lowest BCUT2D eigenvalue weighted by Crippen LogP contribution is -3.00. The molecule has 3 aromatic rings. The van der Waals surface area contributed by atoms with E-state index in [2.05, 4.69) is 20.4 Å². The van der Waals surface area contributed by atoms with E-state index in [1.165, 1.54) is 0 Å². The minimum atomic E-state index is 0. The van der Waals surface area contributed by atoms with Gasteiger partial charge in [0.05, 0.1) is 24.5 Å². The molecule has 2 aromatic heterocycles. The van der Waals surface area contributed by atoms with E-state index in [4.69, 9.17) is 0 Å². The molecule has 3 rings (SSSR count). The number of azo groups is 1. The van der Waals surface area contributed by atoms with Gasteiger partial charge in [-0.15, -0.1) is 10.2 Å². The molecule has 0 bridgehead atoms. The smallest absolute Gasteiger partial charge is 0.350 e. The van der Waals surface area contributed by atoms with Gasteiger partial charge in [0.2, 0.25) is 5.84 Å². The highest BCUT2D eigenvalue weighted by Gasteiger charge is 2.10. The maximum absolute atomic E-state index is 9.23. The number of aliphatic hydroxyl groups is 2. The van der Waals surface area contributed by atoms with E-state index >= 15 is 0 Å². The molecule has 0 fully saturated rings. The second kappa shape index (κ2) is 12.4. The van der Waals surface area contributed by atoms with Crippen molar-refractivity contribution in [1.29, 1.82) is 0 Å². The maximum Gasteiger partial charge on any atom is 0.350 e. The highest BCUT2D eigenvalue weighted by Crippen LogP contribution is 2.09. The van der Waals surface area contributed by atoms with Gasteiger partial charge in [-0.2, -0.15) is 0 Å². The molecule has 0 unspecified atom stereocenters. The first-order chi connectivity index (χ1) is 14.3. The van der Waals surface area contributed by atoms with Crippen molar-refractivity contribution in [2.75, 3.05) is 13.2 Å². The number of aliphatic hydroxyl groups excluding tert-OH is 2. The maximum atomic E-state index is 9.23. The second-order valence-corrected chi connectivity index (χ2v) is 6.04. The Kier molecular flexibility index (Phi) is 9.53. The lowest BCUT2D eigenvalue weighted by Gasteiger charge is -2.03. The third-order valence-electron chi connectivity index (χ3n) is 4.04. The Morgan fingerprint density at radius 3 is 2.43 bits per heavy atom. The number of benzene rings is 1. The average molecular weight is 427 g/mol. The quantitative estimate of drug-likeness (QED) is 0.163. The number of rotatable bonds is 7. The Morgan fingerprint density at radius 1 is 0.900 bits per heavy atom. The zero-order chi connectivity index (χ0) is 20.3. The summed E-state index contributed by atoms with van der Waals surface area (Å²) in [7, 11) is 0. The minimum absolute atomic E-state index is 0. The van der Waals surface area contributed by atoms with E-state index < -0.39 is 0 Å². The van der Waals surface area contributed by atoms with Crippen molar-refractivity contribution >= 4 is 11.7 Å². The van der Waals surface area contributed by atoms with Gasteiger partial charge in [-0.1, -0.05) is 42.5 Å². The summed E-state index contributed by atoms with van der Waals surface area (Å²) < 4.78 is 3.60. The molecule has 0 atom stereocenters. The van der Waals surface area contributed by atoms with Crippen LogP contribution in [0, 0.1) is 0 Å². The van der Waals surface area contributed by atoms with Crippen molar-refractivity contribution < 1.29 is 27.2 Å². The Hall–Kier alpha value is -3.20. The molecule has 0 aliphatic rings. The van der Waals surface area contributed by atoms with Crippen LogP contribution in [-0.4, -0.2) is 33.8 Å². The van der Waals surface area contributed by atoms with Crippen molar-refractivity contribution in [3.63, 3.8) is 0 Å². The SMILES string of the molecule is OCCn1ccccc1=NN=C(N=Nc1cccc[n+]1CCO)c1ccccc1.[Cl-]. The van der Waals surface area contributed by atoms with Crippen LogP contribution in [0.2, 0.25) is 0 Å². The van der Waals surface area contributed by atoms with Crippen molar-refractivity contribution in [2.24, 2.45) is 20.4 Å². The molecule has 9 heteroatoms. The van der Waals surface area contributed by atoms with E-state index in [-0.39, 0.29) is 25.6 Å². The molecule has 1 aromatic carbocycles. The van der Waals surface area contributed by atoms with Gasteiger partial charge in [0.25, 0.3) is 0 Å². The van der Waals surface area contributed by atoms with Crippen molar-refractivity contribution in [2.45, 2.75) is 13.1 Å². The van der Waals surface area contributed by atoms with Gasteiger partial charge in [-0.05, 0) is 23.3 Å². The molecule has 0 saturated carbocycles. The topological polar surface area (TPSA) is 98.7 Å². The fourth-order valence-electron chi connectivity index (χ4n) is 2.63. The summed E-state index contributed by atoms with van der Waals surface area (Å²) >= 11 is 0. The number of amidine groups is 1. The van der Waals surface area contributed by atoms with Crippen LogP contribution in [0.5, 0.6) is 0 Å². The average Bonchev–Trinajstić information content (AvgIpc) is 2.77. The monoisotopic (exact) mass is 426 g/mol. The number of hydrogen-bond donors (Lipinski definition) is 2. The fourth-order valence-corrected chi connectivity index (χ4v) is 2.63. The molecule has 8 nitrogen and oxygen atoms in total. The van der Waals surface area contributed by atoms with Crippen LogP contribution >= 0.6 is 0 Å². The molecule has 30 heavy (non-hydrogen) atoms. The van der Waals surface area contributed by atoms with Gasteiger partial charge in [0.15, 0.2) is 5.49 Å². The summed E-state index contributed by atoms with van der Waals surface area (Å²) in [6.07, 6.45) is 3.66. The molecule has 2 N–H and O–H groups in total. The summed E-state index contributed by atoms with van der Waals surface area (Å²) in [4.78, 5) is 0. The van der Waals surface area contributed by atoms with E-state index in [0.29, 0.717) is 30.2 Å². The molecule has 0 amide bonds. The first-order valence-corrected chi connectivity index (χ1v) is 9.26. The number of nitrogens with zero attached hydrogens (tertiary/aromatic N) is 6. The molecule has 0 saturated heterocycles. The van der Waals surface area contributed by atoms with Gasteiger partial charge < -0.3 is 27.2 Å². The second-order valence-electron chi connectivity index (χ2n) is 6.04. The summed E-state index contributed by atoms with van der Waals surface area (Å²) in [6.45, 7) is 0.848.